The van der Waals surface area contributed by atoms with Gasteiger partial charge in [0, 0.05) is 13.6 Å². The number of likely N-dealkylation sites (N-methyl/N-ethyl adjacent to an activating group) is 1. The monoisotopic (exact) mass is 153 g/mol. The van der Waals surface area contributed by atoms with Gasteiger partial charge in [-0.15, -0.1) is 0 Å². The minimum atomic E-state index is -0.0440. The third-order valence-electron chi connectivity index (χ3n) is 3.14. The van der Waals surface area contributed by atoms with Crippen LogP contribution >= 0.6 is 0 Å². The molecule has 60 valence electrons. The second-order valence-electron chi connectivity index (χ2n) is 3.94. The van der Waals surface area contributed by atoms with E-state index in [1.54, 1.807) is 0 Å². The first-order valence-electron chi connectivity index (χ1n) is 4.15. The minimum Gasteiger partial charge on any atom is -0.366 e. The van der Waals surface area contributed by atoms with Crippen LogP contribution in [0.2, 0.25) is 0 Å². The second-order valence-corrected chi connectivity index (χ2v) is 3.94. The largest absolute Gasteiger partial charge is 0.366 e. The number of hydrogen-bond donors (Lipinski definition) is 0. The van der Waals surface area contributed by atoms with Crippen molar-refractivity contribution in [2.75, 3.05) is 13.6 Å². The molecule has 2 atom stereocenters. The summed E-state index contributed by atoms with van der Waals surface area (Å²) in [7, 11) is 1.88. The first-order valence-corrected chi connectivity index (χ1v) is 4.15. The van der Waals surface area contributed by atoms with Gasteiger partial charge in [0.2, 0.25) is 5.91 Å². The smallest absolute Gasteiger partial charge is 0.231 e. The second kappa shape index (κ2) is 1.46. The predicted molar refractivity (Wildman–Crippen MR) is 38.0 cm³/mol. The molecule has 2 heterocycles. The Kier molecular flexibility index (Phi) is 0.796. The van der Waals surface area contributed by atoms with Crippen LogP contribution in [0.15, 0.2) is 0 Å². The first-order chi connectivity index (χ1) is 5.24. The molecule has 0 aromatic heterocycles. The molecule has 3 heteroatoms. The Balaban J connectivity index is 1.96. The first kappa shape index (κ1) is 6.00. The molecule has 2 saturated heterocycles. The molecular formula is C8H11NO2. The summed E-state index contributed by atoms with van der Waals surface area (Å²) < 4.78 is 5.43. The van der Waals surface area contributed by atoms with Crippen LogP contribution in [0.3, 0.4) is 0 Å². The normalized spacial score (nSPS) is 44.1. The number of hydrogen-bond acceptors (Lipinski definition) is 2. The van der Waals surface area contributed by atoms with Crippen LogP contribution in [0.4, 0.5) is 0 Å². The molecule has 0 N–H and O–H groups in total. The number of rotatable bonds is 0. The number of epoxide rings is 1. The lowest BCUT2D eigenvalue weighted by molar-refractivity contribution is -0.137. The highest BCUT2D eigenvalue weighted by atomic mass is 16.6. The van der Waals surface area contributed by atoms with Gasteiger partial charge in [-0.25, -0.2) is 0 Å². The van der Waals surface area contributed by atoms with Gasteiger partial charge in [-0.3, -0.25) is 4.79 Å². The van der Waals surface area contributed by atoms with Crippen LogP contribution in [0.1, 0.15) is 12.8 Å². The van der Waals surface area contributed by atoms with E-state index in [-0.39, 0.29) is 5.41 Å². The maximum Gasteiger partial charge on any atom is 0.231 e. The number of likely N-dealkylation sites (tertiary alicyclic amines) is 1. The van der Waals surface area contributed by atoms with Gasteiger partial charge in [-0.2, -0.15) is 0 Å². The molecule has 0 radical (unpaired) electrons. The van der Waals surface area contributed by atoms with Crippen molar-refractivity contribution in [2.45, 2.75) is 25.0 Å². The van der Waals surface area contributed by atoms with E-state index in [2.05, 4.69) is 0 Å². The summed E-state index contributed by atoms with van der Waals surface area (Å²) >= 11 is 0. The van der Waals surface area contributed by atoms with Gasteiger partial charge >= 0.3 is 0 Å². The predicted octanol–water partition coefficient (Wildman–Crippen LogP) is 0.00600. The molecule has 1 spiro atoms. The van der Waals surface area contributed by atoms with Gasteiger partial charge < -0.3 is 9.64 Å². The van der Waals surface area contributed by atoms with Gasteiger partial charge in [0.25, 0.3) is 0 Å². The summed E-state index contributed by atoms with van der Waals surface area (Å²) in [6.07, 6.45) is 2.78. The van der Waals surface area contributed by atoms with Crippen LogP contribution in [-0.4, -0.2) is 36.6 Å². The Labute approximate surface area is 65.3 Å². The van der Waals surface area contributed by atoms with Crippen LogP contribution in [0, 0.1) is 5.41 Å². The fourth-order valence-electron chi connectivity index (χ4n) is 2.26. The Hall–Kier alpha value is -0.570. The quantitative estimate of drug-likeness (QED) is 0.459. The van der Waals surface area contributed by atoms with E-state index in [9.17, 15) is 4.79 Å². The van der Waals surface area contributed by atoms with E-state index < -0.39 is 0 Å². The lowest BCUT2D eigenvalue weighted by atomic mass is 9.94. The third-order valence-corrected chi connectivity index (χ3v) is 3.14. The Bertz CT molecular complexity index is 234. The third kappa shape index (κ3) is 0.562. The van der Waals surface area contributed by atoms with Gasteiger partial charge in [0.05, 0.1) is 5.41 Å². The maximum absolute atomic E-state index is 11.6. The van der Waals surface area contributed by atoms with Crippen molar-refractivity contribution in [3.05, 3.63) is 0 Å². The highest BCUT2D eigenvalue weighted by Gasteiger charge is 2.69. The molecule has 1 amide bonds. The molecular weight excluding hydrogens is 142 g/mol. The molecule has 3 fully saturated rings. The lowest BCUT2D eigenvalue weighted by Gasteiger charge is -2.25. The highest BCUT2D eigenvalue weighted by molar-refractivity contribution is 5.87. The average Bonchev–Trinajstić information content (AvgIpc) is 2.76. The van der Waals surface area contributed by atoms with E-state index >= 15 is 0 Å². The van der Waals surface area contributed by atoms with Crippen LogP contribution in [0.5, 0.6) is 0 Å². The molecule has 3 rings (SSSR count). The molecule has 1 unspecified atom stereocenters. The molecule has 0 aromatic carbocycles. The van der Waals surface area contributed by atoms with E-state index in [1.807, 2.05) is 11.9 Å². The lowest BCUT2D eigenvalue weighted by Crippen LogP contribution is -2.44. The number of fused-ring (bicyclic) bond motifs is 2. The van der Waals surface area contributed by atoms with E-state index in [1.165, 1.54) is 0 Å². The van der Waals surface area contributed by atoms with Crippen molar-refractivity contribution in [1.82, 2.24) is 4.90 Å². The number of amides is 1. The van der Waals surface area contributed by atoms with E-state index in [4.69, 9.17) is 4.74 Å². The highest BCUT2D eigenvalue weighted by Crippen LogP contribution is 2.59. The van der Waals surface area contributed by atoms with Crippen LogP contribution < -0.4 is 0 Å². The van der Waals surface area contributed by atoms with Crippen molar-refractivity contribution in [1.29, 1.82) is 0 Å². The Morgan fingerprint density at radius 2 is 2.36 bits per heavy atom. The van der Waals surface area contributed by atoms with Gasteiger partial charge in [0.1, 0.15) is 12.2 Å². The van der Waals surface area contributed by atoms with Crippen LogP contribution in [0.25, 0.3) is 0 Å². The summed E-state index contributed by atoms with van der Waals surface area (Å²) in [5.74, 6) is 0.316. The zero-order valence-corrected chi connectivity index (χ0v) is 6.54. The summed E-state index contributed by atoms with van der Waals surface area (Å²) in [6, 6.07) is 0. The van der Waals surface area contributed by atoms with Crippen LogP contribution in [-0.2, 0) is 9.53 Å². The minimum absolute atomic E-state index is 0.0440. The number of carbonyl (C=O) groups excluding carboxylic acids is 1. The average molecular weight is 153 g/mol. The SMILES string of the molecule is CN1CC2O[C@H]2C2(CC2)C1=O. The van der Waals surface area contributed by atoms with E-state index in [0.717, 1.165) is 19.4 Å². The molecule has 3 nitrogen and oxygen atoms in total. The topological polar surface area (TPSA) is 32.8 Å². The van der Waals surface area contributed by atoms with Gasteiger partial charge in [-0.1, -0.05) is 0 Å². The van der Waals surface area contributed by atoms with Gasteiger partial charge in [0.15, 0.2) is 0 Å². The number of ether oxygens (including phenoxy) is 1. The molecule has 2 aliphatic heterocycles. The summed E-state index contributed by atoms with van der Waals surface area (Å²) in [5, 5.41) is 0. The van der Waals surface area contributed by atoms with E-state index in [0.29, 0.717) is 18.1 Å². The number of piperidine rings is 1. The number of carbonyl (C=O) groups is 1. The fraction of sp³-hybridized carbons (Fsp3) is 0.875. The standard InChI is InChI=1S/C8H11NO2/c1-9-4-5-6(11-5)8(2-3-8)7(9)10/h5-6H,2-4H2,1H3/t5?,6-/m1/s1. The molecule has 0 aromatic rings. The van der Waals surface area contributed by atoms with Crippen molar-refractivity contribution in [3.8, 4) is 0 Å². The molecule has 11 heavy (non-hydrogen) atoms. The fourth-order valence-corrected chi connectivity index (χ4v) is 2.26. The molecule has 1 aliphatic carbocycles. The zero-order valence-electron chi connectivity index (χ0n) is 6.54. The zero-order chi connectivity index (χ0) is 7.64. The Morgan fingerprint density at radius 1 is 1.64 bits per heavy atom. The Morgan fingerprint density at radius 3 is 3.00 bits per heavy atom. The van der Waals surface area contributed by atoms with Gasteiger partial charge in [-0.05, 0) is 12.8 Å². The molecule has 1 saturated carbocycles. The van der Waals surface area contributed by atoms with Crippen molar-refractivity contribution in [3.63, 3.8) is 0 Å². The molecule has 3 aliphatic rings. The van der Waals surface area contributed by atoms with Crippen molar-refractivity contribution in [2.24, 2.45) is 5.41 Å². The summed E-state index contributed by atoms with van der Waals surface area (Å²) in [5.41, 5.74) is -0.0440. The summed E-state index contributed by atoms with van der Waals surface area (Å²) in [6.45, 7) is 0.811. The summed E-state index contributed by atoms with van der Waals surface area (Å²) in [4.78, 5) is 13.4. The van der Waals surface area contributed by atoms with Crippen molar-refractivity contribution < 1.29 is 9.53 Å². The maximum atomic E-state index is 11.6. The number of nitrogens with zero attached hydrogens (tertiary/aromatic N) is 1. The van der Waals surface area contributed by atoms with Crippen molar-refractivity contribution >= 4 is 5.91 Å². The molecule has 0 bridgehead atoms.